The Morgan fingerprint density at radius 2 is 1.90 bits per heavy atom. The van der Waals surface area contributed by atoms with Crippen molar-refractivity contribution < 1.29 is 22.7 Å². The molecule has 0 saturated carbocycles. The highest BCUT2D eigenvalue weighted by Gasteiger charge is 2.30. The number of thioether (sulfide) groups is 1. The zero-order chi connectivity index (χ0) is 22.4. The smallest absolute Gasteiger partial charge is 0.416 e. The number of carbonyl (C=O) groups is 1. The van der Waals surface area contributed by atoms with Crippen molar-refractivity contribution in [1.82, 2.24) is 14.8 Å². The molecule has 0 fully saturated rings. The lowest BCUT2D eigenvalue weighted by Crippen LogP contribution is -2.15. The van der Waals surface area contributed by atoms with Crippen LogP contribution in [0.15, 0.2) is 53.7 Å². The zero-order valence-electron chi connectivity index (χ0n) is 16.9. The van der Waals surface area contributed by atoms with Crippen LogP contribution in [0.2, 0.25) is 0 Å². The number of amides is 1. The van der Waals surface area contributed by atoms with E-state index in [1.807, 2.05) is 35.8 Å². The highest BCUT2D eigenvalue weighted by molar-refractivity contribution is 7.99. The predicted molar refractivity (Wildman–Crippen MR) is 112 cm³/mol. The molecule has 3 rings (SSSR count). The highest BCUT2D eigenvalue weighted by Crippen LogP contribution is 2.30. The summed E-state index contributed by atoms with van der Waals surface area (Å²) in [7, 11) is 1.61. The maximum absolute atomic E-state index is 12.8. The summed E-state index contributed by atoms with van der Waals surface area (Å²) in [5.41, 5.74) is 0.325. The van der Waals surface area contributed by atoms with Crippen molar-refractivity contribution in [2.75, 3.05) is 18.2 Å². The molecule has 6 nitrogen and oxygen atoms in total. The van der Waals surface area contributed by atoms with Gasteiger partial charge in [-0.1, -0.05) is 30.0 Å². The van der Waals surface area contributed by atoms with Crippen LogP contribution in [0.3, 0.4) is 0 Å². The van der Waals surface area contributed by atoms with Crippen molar-refractivity contribution in [2.45, 2.75) is 31.2 Å². The summed E-state index contributed by atoms with van der Waals surface area (Å²) in [5.74, 6) is 1.10. The van der Waals surface area contributed by atoms with Crippen molar-refractivity contribution in [3.63, 3.8) is 0 Å². The summed E-state index contributed by atoms with van der Waals surface area (Å²) >= 11 is 1.18. The number of methoxy groups -OCH3 is 1. The van der Waals surface area contributed by atoms with Gasteiger partial charge in [0.1, 0.15) is 11.6 Å². The molecule has 164 valence electrons. The number of halogens is 3. The number of anilines is 1. The highest BCUT2D eigenvalue weighted by atomic mass is 32.2. The van der Waals surface area contributed by atoms with E-state index in [2.05, 4.69) is 15.5 Å². The zero-order valence-corrected chi connectivity index (χ0v) is 17.8. The summed E-state index contributed by atoms with van der Waals surface area (Å²) in [6.45, 7) is 2.57. The van der Waals surface area contributed by atoms with Gasteiger partial charge in [-0.2, -0.15) is 13.2 Å². The monoisotopic (exact) mass is 450 g/mol. The fourth-order valence-corrected chi connectivity index (χ4v) is 3.72. The Morgan fingerprint density at radius 1 is 1.16 bits per heavy atom. The lowest BCUT2D eigenvalue weighted by Gasteiger charge is -2.10. The van der Waals surface area contributed by atoms with Gasteiger partial charge in [0, 0.05) is 18.7 Å². The number of hydrogen-bond acceptors (Lipinski definition) is 5. The summed E-state index contributed by atoms with van der Waals surface area (Å²) < 4.78 is 45.5. The average molecular weight is 450 g/mol. The van der Waals surface area contributed by atoms with Crippen LogP contribution in [0.4, 0.5) is 18.9 Å². The molecule has 0 aliphatic heterocycles. The van der Waals surface area contributed by atoms with E-state index in [1.54, 1.807) is 7.11 Å². The summed E-state index contributed by atoms with van der Waals surface area (Å²) in [6, 6.07) is 12.2. The van der Waals surface area contributed by atoms with Gasteiger partial charge in [0.25, 0.3) is 0 Å². The van der Waals surface area contributed by atoms with Crippen LogP contribution in [0.1, 0.15) is 23.9 Å². The molecule has 0 spiro atoms. The lowest BCUT2D eigenvalue weighted by molar-refractivity contribution is -0.137. The first-order chi connectivity index (χ1) is 14.8. The van der Waals surface area contributed by atoms with Crippen molar-refractivity contribution in [1.29, 1.82) is 0 Å². The quantitative estimate of drug-likeness (QED) is 0.506. The Kier molecular flexibility index (Phi) is 7.21. The number of hydrogen-bond donors (Lipinski definition) is 1. The van der Waals surface area contributed by atoms with E-state index in [-0.39, 0.29) is 11.4 Å². The number of benzene rings is 2. The Morgan fingerprint density at radius 3 is 2.55 bits per heavy atom. The summed E-state index contributed by atoms with van der Waals surface area (Å²) in [5, 5.41) is 11.5. The Hall–Kier alpha value is -3.01. The van der Waals surface area contributed by atoms with Crippen molar-refractivity contribution in [3.05, 3.63) is 65.5 Å². The minimum Gasteiger partial charge on any atom is -0.497 e. The van der Waals surface area contributed by atoms with Crippen LogP contribution in [-0.4, -0.2) is 33.5 Å². The second kappa shape index (κ2) is 9.86. The molecular formula is C21H21F3N4O2S. The third kappa shape index (κ3) is 6.00. The normalized spacial score (nSPS) is 11.4. The number of ether oxygens (including phenoxy) is 1. The molecule has 0 bridgehead atoms. The van der Waals surface area contributed by atoms with Crippen LogP contribution in [0.5, 0.6) is 5.75 Å². The predicted octanol–water partition coefficient (Wildman–Crippen LogP) is 4.65. The van der Waals surface area contributed by atoms with E-state index in [0.29, 0.717) is 18.1 Å². The number of carbonyl (C=O) groups excluding carboxylic acids is 1. The number of aromatic nitrogens is 3. The van der Waals surface area contributed by atoms with E-state index in [0.717, 1.165) is 29.3 Å². The molecule has 0 aliphatic carbocycles. The van der Waals surface area contributed by atoms with E-state index in [4.69, 9.17) is 4.74 Å². The van der Waals surface area contributed by atoms with Gasteiger partial charge in [0.15, 0.2) is 5.16 Å². The maximum Gasteiger partial charge on any atom is 0.416 e. The van der Waals surface area contributed by atoms with Gasteiger partial charge < -0.3 is 14.6 Å². The minimum atomic E-state index is -4.46. The van der Waals surface area contributed by atoms with Gasteiger partial charge in [0.2, 0.25) is 5.91 Å². The van der Waals surface area contributed by atoms with E-state index < -0.39 is 17.6 Å². The first kappa shape index (κ1) is 22.7. The molecule has 1 aromatic heterocycles. The van der Waals surface area contributed by atoms with Crippen molar-refractivity contribution in [2.24, 2.45) is 0 Å². The number of nitrogens with one attached hydrogen (secondary N) is 1. The first-order valence-corrected chi connectivity index (χ1v) is 10.4. The molecule has 31 heavy (non-hydrogen) atoms. The molecule has 1 N–H and O–H groups in total. The number of nitrogens with zero attached hydrogens (tertiary/aromatic N) is 3. The van der Waals surface area contributed by atoms with E-state index >= 15 is 0 Å². The van der Waals surface area contributed by atoms with E-state index in [1.165, 1.54) is 23.9 Å². The SMILES string of the molecule is CCn1c(Cc2ccc(OC)cc2)nnc1SCC(=O)Nc1cccc(C(F)(F)F)c1. The van der Waals surface area contributed by atoms with Gasteiger partial charge in [0.05, 0.1) is 18.4 Å². The van der Waals surface area contributed by atoms with Crippen LogP contribution < -0.4 is 10.1 Å². The van der Waals surface area contributed by atoms with Crippen molar-refractivity contribution >= 4 is 23.4 Å². The molecule has 10 heteroatoms. The second-order valence-corrected chi connectivity index (χ2v) is 7.53. The Balaban J connectivity index is 1.62. The molecule has 0 saturated heterocycles. The number of alkyl halides is 3. The van der Waals surface area contributed by atoms with Gasteiger partial charge in [-0.25, -0.2) is 0 Å². The average Bonchev–Trinajstić information content (AvgIpc) is 3.13. The Labute approximate surface area is 181 Å². The largest absolute Gasteiger partial charge is 0.497 e. The van der Waals surface area contributed by atoms with E-state index in [9.17, 15) is 18.0 Å². The lowest BCUT2D eigenvalue weighted by atomic mass is 10.1. The molecule has 0 aliphatic rings. The fourth-order valence-electron chi connectivity index (χ4n) is 2.90. The third-order valence-corrected chi connectivity index (χ3v) is 5.40. The third-order valence-electron chi connectivity index (χ3n) is 4.44. The molecule has 0 atom stereocenters. The topological polar surface area (TPSA) is 69.0 Å². The summed E-state index contributed by atoms with van der Waals surface area (Å²) in [4.78, 5) is 12.2. The van der Waals surface area contributed by atoms with Crippen molar-refractivity contribution in [3.8, 4) is 5.75 Å². The van der Waals surface area contributed by atoms with Gasteiger partial charge >= 0.3 is 6.18 Å². The molecule has 0 unspecified atom stereocenters. The molecule has 3 aromatic rings. The fraction of sp³-hybridized carbons (Fsp3) is 0.286. The van der Waals surface area contributed by atoms with Gasteiger partial charge in [-0.15, -0.1) is 10.2 Å². The standard InChI is InChI=1S/C21H21F3N4O2S/c1-3-28-18(11-14-7-9-17(30-2)10-8-14)26-27-20(28)31-13-19(29)25-16-6-4-5-15(12-16)21(22,23)24/h4-10,12H,3,11,13H2,1-2H3,(H,25,29). The van der Waals surface area contributed by atoms with Crippen LogP contribution >= 0.6 is 11.8 Å². The number of rotatable bonds is 8. The second-order valence-electron chi connectivity index (χ2n) is 6.58. The van der Waals surface area contributed by atoms with Crippen LogP contribution in [-0.2, 0) is 23.9 Å². The van der Waals surface area contributed by atoms with Gasteiger partial charge in [-0.05, 0) is 42.8 Å². The Bertz CT molecular complexity index is 1040. The molecular weight excluding hydrogens is 429 g/mol. The first-order valence-electron chi connectivity index (χ1n) is 9.45. The minimum absolute atomic E-state index is 0.00306. The van der Waals surface area contributed by atoms with Gasteiger partial charge in [-0.3, -0.25) is 4.79 Å². The van der Waals surface area contributed by atoms with Crippen LogP contribution in [0.25, 0.3) is 0 Å². The molecule has 0 radical (unpaired) electrons. The molecule has 1 amide bonds. The molecule has 1 heterocycles. The summed E-state index contributed by atoms with van der Waals surface area (Å²) in [6.07, 6.45) is -3.89. The van der Waals surface area contributed by atoms with Crippen LogP contribution in [0, 0.1) is 0 Å². The maximum atomic E-state index is 12.8. The molecule has 2 aromatic carbocycles.